The van der Waals surface area contributed by atoms with Crippen LogP contribution in [0.15, 0.2) is 49.1 Å². The molecule has 0 radical (unpaired) electrons. The van der Waals surface area contributed by atoms with Crippen LogP contribution in [-0.2, 0) is 26.7 Å². The summed E-state index contributed by atoms with van der Waals surface area (Å²) in [6.07, 6.45) is 7.89. The summed E-state index contributed by atoms with van der Waals surface area (Å²) in [5.41, 5.74) is 4.99. The SMILES string of the molecule is Cn1nc(Cn2cccc2)c2c1CN(c1cccnc1)C2. The molecule has 0 bridgehead atoms. The van der Waals surface area contributed by atoms with E-state index in [4.69, 9.17) is 0 Å². The van der Waals surface area contributed by atoms with Crippen LogP contribution >= 0.6 is 0 Å². The van der Waals surface area contributed by atoms with E-state index in [1.54, 1.807) is 0 Å². The highest BCUT2D eigenvalue weighted by Gasteiger charge is 2.26. The van der Waals surface area contributed by atoms with Crippen LogP contribution in [-0.4, -0.2) is 19.3 Å². The van der Waals surface area contributed by atoms with Gasteiger partial charge in [0.2, 0.25) is 0 Å². The number of anilines is 1. The van der Waals surface area contributed by atoms with Gasteiger partial charge in [0.05, 0.1) is 36.4 Å². The summed E-state index contributed by atoms with van der Waals surface area (Å²) in [5.74, 6) is 0. The molecule has 0 spiro atoms. The minimum absolute atomic E-state index is 0.830. The van der Waals surface area contributed by atoms with Crippen molar-refractivity contribution < 1.29 is 0 Å². The van der Waals surface area contributed by atoms with Gasteiger partial charge in [0.15, 0.2) is 0 Å². The molecule has 5 nitrogen and oxygen atoms in total. The first-order valence-electron chi connectivity index (χ1n) is 7.10. The van der Waals surface area contributed by atoms with Gasteiger partial charge in [0, 0.05) is 37.7 Å². The van der Waals surface area contributed by atoms with Gasteiger partial charge in [-0.3, -0.25) is 9.67 Å². The molecule has 0 saturated heterocycles. The third kappa shape index (κ3) is 2.11. The monoisotopic (exact) mass is 279 g/mol. The van der Waals surface area contributed by atoms with Gasteiger partial charge in [-0.1, -0.05) is 0 Å². The smallest absolute Gasteiger partial charge is 0.0875 e. The molecule has 0 unspecified atom stereocenters. The molecule has 1 aliphatic rings. The molecule has 0 aliphatic carbocycles. The lowest BCUT2D eigenvalue weighted by molar-refractivity contribution is 0.667. The molecule has 0 aromatic carbocycles. The fourth-order valence-corrected chi connectivity index (χ4v) is 2.97. The normalized spacial score (nSPS) is 13.7. The molecule has 1 aliphatic heterocycles. The first kappa shape index (κ1) is 12.2. The Bertz CT molecular complexity index is 743. The molecule has 21 heavy (non-hydrogen) atoms. The first-order valence-corrected chi connectivity index (χ1v) is 7.10. The lowest BCUT2D eigenvalue weighted by atomic mass is 10.2. The third-order valence-electron chi connectivity index (χ3n) is 4.06. The van der Waals surface area contributed by atoms with Crippen LogP contribution in [0.3, 0.4) is 0 Å². The molecule has 3 aromatic rings. The number of aryl methyl sites for hydroxylation is 1. The van der Waals surface area contributed by atoms with Crippen molar-refractivity contribution in [1.82, 2.24) is 19.3 Å². The molecule has 0 N–H and O–H groups in total. The Hall–Kier alpha value is -2.56. The largest absolute Gasteiger partial charge is 0.360 e. The average Bonchev–Trinajstić information content (AvgIpc) is 3.21. The van der Waals surface area contributed by atoms with Crippen LogP contribution in [0.5, 0.6) is 0 Å². The zero-order valence-electron chi connectivity index (χ0n) is 12.0. The number of nitrogens with zero attached hydrogens (tertiary/aromatic N) is 5. The number of hydrogen-bond acceptors (Lipinski definition) is 3. The maximum atomic E-state index is 4.69. The van der Waals surface area contributed by atoms with Crippen LogP contribution in [0.1, 0.15) is 17.0 Å². The minimum atomic E-state index is 0.830. The summed E-state index contributed by atoms with van der Waals surface area (Å²) in [4.78, 5) is 6.56. The van der Waals surface area contributed by atoms with Crippen molar-refractivity contribution in [2.24, 2.45) is 7.05 Å². The highest BCUT2D eigenvalue weighted by atomic mass is 15.3. The molecule has 106 valence electrons. The Labute approximate surface area is 123 Å². The third-order valence-corrected chi connectivity index (χ3v) is 4.06. The van der Waals surface area contributed by atoms with Crippen molar-refractivity contribution in [2.75, 3.05) is 4.90 Å². The number of hydrogen-bond donors (Lipinski definition) is 0. The molecule has 3 aromatic heterocycles. The molecular weight excluding hydrogens is 262 g/mol. The standard InChI is InChI=1S/C16H17N5/c1-19-16-12-21(13-5-4-6-17-9-13)10-14(16)15(18-19)11-20-7-2-3-8-20/h2-9H,10-12H2,1H3. The lowest BCUT2D eigenvalue weighted by Gasteiger charge is -2.17. The van der Waals surface area contributed by atoms with Gasteiger partial charge in [-0.2, -0.15) is 5.10 Å². The highest BCUT2D eigenvalue weighted by Crippen LogP contribution is 2.29. The minimum Gasteiger partial charge on any atom is -0.360 e. The van der Waals surface area contributed by atoms with Crippen molar-refractivity contribution in [1.29, 1.82) is 0 Å². The molecule has 0 atom stereocenters. The molecule has 0 amide bonds. The Balaban J connectivity index is 1.63. The van der Waals surface area contributed by atoms with E-state index in [1.165, 1.54) is 16.9 Å². The first-order chi connectivity index (χ1) is 10.3. The predicted octanol–water partition coefficient (Wildman–Crippen LogP) is 2.19. The quantitative estimate of drug-likeness (QED) is 0.737. The molecule has 0 saturated carbocycles. The second-order valence-corrected chi connectivity index (χ2v) is 5.42. The number of fused-ring (bicyclic) bond motifs is 1. The Morgan fingerprint density at radius 1 is 1.14 bits per heavy atom. The van der Waals surface area contributed by atoms with Gasteiger partial charge in [0.25, 0.3) is 0 Å². The van der Waals surface area contributed by atoms with Gasteiger partial charge >= 0.3 is 0 Å². The number of rotatable bonds is 3. The summed E-state index contributed by atoms with van der Waals surface area (Å²) in [5, 5.41) is 4.69. The summed E-state index contributed by atoms with van der Waals surface area (Å²) in [7, 11) is 2.03. The van der Waals surface area contributed by atoms with Gasteiger partial charge < -0.3 is 9.47 Å². The van der Waals surface area contributed by atoms with Gasteiger partial charge in [-0.05, 0) is 24.3 Å². The Morgan fingerprint density at radius 2 is 2.00 bits per heavy atom. The van der Waals surface area contributed by atoms with Crippen LogP contribution in [0.4, 0.5) is 5.69 Å². The van der Waals surface area contributed by atoms with E-state index in [1.807, 2.05) is 42.3 Å². The summed E-state index contributed by atoms with van der Waals surface area (Å²) in [6.45, 7) is 2.64. The maximum Gasteiger partial charge on any atom is 0.0875 e. The fraction of sp³-hybridized carbons (Fsp3) is 0.250. The van der Waals surface area contributed by atoms with E-state index >= 15 is 0 Å². The number of pyridine rings is 1. The number of aromatic nitrogens is 4. The van der Waals surface area contributed by atoms with Gasteiger partial charge in [-0.25, -0.2) is 0 Å². The molecule has 0 fully saturated rings. The zero-order chi connectivity index (χ0) is 14.2. The van der Waals surface area contributed by atoms with Crippen molar-refractivity contribution in [3.05, 3.63) is 66.0 Å². The van der Waals surface area contributed by atoms with Gasteiger partial charge in [0.1, 0.15) is 0 Å². The van der Waals surface area contributed by atoms with E-state index in [0.717, 1.165) is 25.3 Å². The van der Waals surface area contributed by atoms with Crippen molar-refractivity contribution in [2.45, 2.75) is 19.6 Å². The summed E-state index contributed by atoms with van der Waals surface area (Å²) < 4.78 is 4.18. The van der Waals surface area contributed by atoms with E-state index in [2.05, 4.69) is 38.0 Å². The maximum absolute atomic E-state index is 4.69. The molecule has 5 heteroatoms. The van der Waals surface area contributed by atoms with E-state index in [-0.39, 0.29) is 0 Å². The molecule has 4 heterocycles. The van der Waals surface area contributed by atoms with Crippen molar-refractivity contribution >= 4 is 5.69 Å². The second-order valence-electron chi connectivity index (χ2n) is 5.42. The Kier molecular flexibility index (Phi) is 2.77. The summed E-state index contributed by atoms with van der Waals surface area (Å²) in [6, 6.07) is 8.19. The predicted molar refractivity (Wildman–Crippen MR) is 80.9 cm³/mol. The highest BCUT2D eigenvalue weighted by molar-refractivity contribution is 5.50. The topological polar surface area (TPSA) is 38.9 Å². The molecule has 4 rings (SSSR count). The zero-order valence-corrected chi connectivity index (χ0v) is 12.0. The summed E-state index contributed by atoms with van der Waals surface area (Å²) >= 11 is 0. The average molecular weight is 279 g/mol. The van der Waals surface area contributed by atoms with E-state index in [9.17, 15) is 0 Å². The van der Waals surface area contributed by atoms with Crippen LogP contribution < -0.4 is 4.90 Å². The fourth-order valence-electron chi connectivity index (χ4n) is 2.97. The van der Waals surface area contributed by atoms with Crippen molar-refractivity contribution in [3.63, 3.8) is 0 Å². The van der Waals surface area contributed by atoms with Crippen LogP contribution in [0.25, 0.3) is 0 Å². The van der Waals surface area contributed by atoms with Crippen molar-refractivity contribution in [3.8, 4) is 0 Å². The molecular formula is C16H17N5. The van der Waals surface area contributed by atoms with Gasteiger partial charge in [-0.15, -0.1) is 0 Å². The van der Waals surface area contributed by atoms with E-state index < -0.39 is 0 Å². The van der Waals surface area contributed by atoms with Crippen LogP contribution in [0.2, 0.25) is 0 Å². The van der Waals surface area contributed by atoms with Crippen LogP contribution in [0, 0.1) is 0 Å². The van der Waals surface area contributed by atoms with E-state index in [0.29, 0.717) is 0 Å². The Morgan fingerprint density at radius 3 is 2.76 bits per heavy atom. The second kappa shape index (κ2) is 4.77. The lowest BCUT2D eigenvalue weighted by Crippen LogP contribution is -2.17.